The van der Waals surface area contributed by atoms with Crippen molar-refractivity contribution < 1.29 is 9.53 Å². The summed E-state index contributed by atoms with van der Waals surface area (Å²) in [5.41, 5.74) is 3.34. The van der Waals surface area contributed by atoms with Crippen molar-refractivity contribution in [2.45, 2.75) is 26.9 Å². The molecule has 116 valence electrons. The Bertz CT molecular complexity index is 609. The minimum Gasteiger partial charge on any atom is -0.494 e. The fraction of sp³-hybridized carbons (Fsp3) is 0.278. The first-order valence-corrected chi connectivity index (χ1v) is 7.47. The van der Waals surface area contributed by atoms with E-state index in [1.807, 2.05) is 62.4 Å². The molecule has 0 heterocycles. The van der Waals surface area contributed by atoms with Gasteiger partial charge in [-0.05, 0) is 42.7 Å². The number of hydrogen-bond acceptors (Lipinski definition) is 2. The van der Waals surface area contributed by atoms with E-state index in [4.69, 9.17) is 4.74 Å². The van der Waals surface area contributed by atoms with E-state index in [2.05, 4.69) is 10.6 Å². The van der Waals surface area contributed by atoms with Crippen LogP contribution in [0.25, 0.3) is 0 Å². The molecule has 0 aliphatic rings. The standard InChI is InChI=1S/C18H22N2O2/c1-3-22-17-10-8-15(9-11-17)12-19-18(21)20-13-16-7-5-4-6-14(16)2/h4-11H,3,12-13H2,1-2H3,(H2,19,20,21). The van der Waals surface area contributed by atoms with E-state index < -0.39 is 0 Å². The molecule has 2 amide bonds. The molecule has 2 rings (SSSR count). The third kappa shape index (κ3) is 4.81. The van der Waals surface area contributed by atoms with Gasteiger partial charge < -0.3 is 15.4 Å². The van der Waals surface area contributed by atoms with Gasteiger partial charge in [0.25, 0.3) is 0 Å². The van der Waals surface area contributed by atoms with E-state index in [1.54, 1.807) is 0 Å². The molecular formula is C18H22N2O2. The maximum Gasteiger partial charge on any atom is 0.315 e. The predicted molar refractivity (Wildman–Crippen MR) is 87.9 cm³/mol. The maximum absolute atomic E-state index is 11.8. The lowest BCUT2D eigenvalue weighted by Gasteiger charge is -2.10. The van der Waals surface area contributed by atoms with E-state index in [0.717, 1.165) is 16.9 Å². The summed E-state index contributed by atoms with van der Waals surface area (Å²) in [4.78, 5) is 11.8. The van der Waals surface area contributed by atoms with Gasteiger partial charge in [0.05, 0.1) is 6.61 Å². The average molecular weight is 298 g/mol. The van der Waals surface area contributed by atoms with Crippen LogP contribution in [-0.4, -0.2) is 12.6 Å². The molecule has 22 heavy (non-hydrogen) atoms. The summed E-state index contributed by atoms with van der Waals surface area (Å²) in [6.45, 7) is 5.66. The summed E-state index contributed by atoms with van der Waals surface area (Å²) in [7, 11) is 0. The summed E-state index contributed by atoms with van der Waals surface area (Å²) in [6.07, 6.45) is 0. The fourth-order valence-corrected chi connectivity index (χ4v) is 2.10. The van der Waals surface area contributed by atoms with Crippen LogP contribution in [0.1, 0.15) is 23.6 Å². The van der Waals surface area contributed by atoms with Crippen molar-refractivity contribution >= 4 is 6.03 Å². The van der Waals surface area contributed by atoms with Gasteiger partial charge in [0.15, 0.2) is 0 Å². The molecule has 2 N–H and O–H groups in total. The largest absolute Gasteiger partial charge is 0.494 e. The number of hydrogen-bond donors (Lipinski definition) is 2. The number of aryl methyl sites for hydroxylation is 1. The van der Waals surface area contributed by atoms with Crippen LogP contribution in [0.3, 0.4) is 0 Å². The Balaban J connectivity index is 1.76. The number of carbonyl (C=O) groups excluding carboxylic acids is 1. The van der Waals surface area contributed by atoms with Gasteiger partial charge in [0, 0.05) is 13.1 Å². The highest BCUT2D eigenvalue weighted by Gasteiger charge is 2.02. The van der Waals surface area contributed by atoms with E-state index in [1.165, 1.54) is 5.56 Å². The van der Waals surface area contributed by atoms with Crippen molar-refractivity contribution in [1.82, 2.24) is 10.6 Å². The first kappa shape index (κ1) is 15.9. The number of urea groups is 1. The van der Waals surface area contributed by atoms with E-state index in [-0.39, 0.29) is 6.03 Å². The zero-order valence-electron chi connectivity index (χ0n) is 13.1. The summed E-state index contributed by atoms with van der Waals surface area (Å²) in [5.74, 6) is 0.843. The van der Waals surface area contributed by atoms with Crippen molar-refractivity contribution in [3.63, 3.8) is 0 Å². The van der Waals surface area contributed by atoms with E-state index >= 15 is 0 Å². The minimum absolute atomic E-state index is 0.169. The van der Waals surface area contributed by atoms with E-state index in [0.29, 0.717) is 19.7 Å². The highest BCUT2D eigenvalue weighted by Crippen LogP contribution is 2.11. The second kappa shape index (κ2) is 8.08. The molecule has 4 heteroatoms. The summed E-state index contributed by atoms with van der Waals surface area (Å²) >= 11 is 0. The molecule has 0 aliphatic heterocycles. The Hall–Kier alpha value is -2.49. The van der Waals surface area contributed by atoms with Gasteiger partial charge in [-0.2, -0.15) is 0 Å². The molecule has 0 bridgehead atoms. The molecule has 0 unspecified atom stereocenters. The van der Waals surface area contributed by atoms with Gasteiger partial charge in [0.1, 0.15) is 5.75 Å². The van der Waals surface area contributed by atoms with Gasteiger partial charge >= 0.3 is 6.03 Å². The normalized spacial score (nSPS) is 10.1. The predicted octanol–water partition coefficient (Wildman–Crippen LogP) is 3.39. The van der Waals surface area contributed by atoms with Crippen molar-refractivity contribution in [3.8, 4) is 5.75 Å². The zero-order valence-corrected chi connectivity index (χ0v) is 13.1. The Labute approximate surface area is 131 Å². The van der Waals surface area contributed by atoms with E-state index in [9.17, 15) is 4.79 Å². The van der Waals surface area contributed by atoms with Crippen molar-refractivity contribution in [2.24, 2.45) is 0 Å². The zero-order chi connectivity index (χ0) is 15.8. The molecule has 4 nitrogen and oxygen atoms in total. The second-order valence-corrected chi connectivity index (χ2v) is 5.04. The second-order valence-electron chi connectivity index (χ2n) is 5.04. The molecule has 0 aliphatic carbocycles. The first-order chi connectivity index (χ1) is 10.7. The summed E-state index contributed by atoms with van der Waals surface area (Å²) < 4.78 is 5.39. The number of ether oxygens (including phenoxy) is 1. The third-order valence-electron chi connectivity index (χ3n) is 3.39. The van der Waals surface area contributed by atoms with Gasteiger partial charge in [-0.25, -0.2) is 4.79 Å². The number of nitrogens with one attached hydrogen (secondary N) is 2. The quantitative estimate of drug-likeness (QED) is 0.859. The minimum atomic E-state index is -0.169. The van der Waals surface area contributed by atoms with Crippen molar-refractivity contribution in [3.05, 3.63) is 65.2 Å². The van der Waals surface area contributed by atoms with Crippen LogP contribution >= 0.6 is 0 Å². The molecular weight excluding hydrogens is 276 g/mol. The fourth-order valence-electron chi connectivity index (χ4n) is 2.10. The smallest absolute Gasteiger partial charge is 0.315 e. The van der Waals surface area contributed by atoms with Crippen LogP contribution in [-0.2, 0) is 13.1 Å². The highest BCUT2D eigenvalue weighted by molar-refractivity contribution is 5.73. The first-order valence-electron chi connectivity index (χ1n) is 7.47. The SMILES string of the molecule is CCOc1ccc(CNC(=O)NCc2ccccc2C)cc1. The number of benzene rings is 2. The van der Waals surface area contributed by atoms with Gasteiger partial charge in [0.2, 0.25) is 0 Å². The van der Waals surface area contributed by atoms with Crippen LogP contribution in [0.2, 0.25) is 0 Å². The molecule has 0 saturated heterocycles. The Morgan fingerprint density at radius 3 is 2.36 bits per heavy atom. The lowest BCUT2D eigenvalue weighted by atomic mass is 10.1. The number of amides is 2. The van der Waals surface area contributed by atoms with Crippen LogP contribution in [0.15, 0.2) is 48.5 Å². The molecule has 2 aromatic rings. The lowest BCUT2D eigenvalue weighted by molar-refractivity contribution is 0.240. The molecule has 0 fully saturated rings. The van der Waals surface area contributed by atoms with Crippen molar-refractivity contribution in [1.29, 1.82) is 0 Å². The summed E-state index contributed by atoms with van der Waals surface area (Å²) in [6, 6.07) is 15.6. The monoisotopic (exact) mass is 298 g/mol. The van der Waals surface area contributed by atoms with Crippen LogP contribution in [0, 0.1) is 6.92 Å². The topological polar surface area (TPSA) is 50.4 Å². The summed E-state index contributed by atoms with van der Waals surface area (Å²) in [5, 5.41) is 5.72. The highest BCUT2D eigenvalue weighted by atomic mass is 16.5. The molecule has 2 aromatic carbocycles. The Morgan fingerprint density at radius 1 is 1.00 bits per heavy atom. The average Bonchev–Trinajstić information content (AvgIpc) is 2.54. The van der Waals surface area contributed by atoms with Crippen LogP contribution in [0.4, 0.5) is 4.79 Å². The molecule has 0 atom stereocenters. The van der Waals surface area contributed by atoms with Crippen LogP contribution < -0.4 is 15.4 Å². The number of rotatable bonds is 6. The molecule has 0 saturated carbocycles. The molecule has 0 radical (unpaired) electrons. The molecule has 0 aromatic heterocycles. The van der Waals surface area contributed by atoms with Gasteiger partial charge in [-0.3, -0.25) is 0 Å². The van der Waals surface area contributed by atoms with Gasteiger partial charge in [-0.1, -0.05) is 36.4 Å². The maximum atomic E-state index is 11.8. The third-order valence-corrected chi connectivity index (χ3v) is 3.39. The van der Waals surface area contributed by atoms with Crippen molar-refractivity contribution in [2.75, 3.05) is 6.61 Å². The Kier molecular flexibility index (Phi) is 5.83. The Morgan fingerprint density at radius 2 is 1.68 bits per heavy atom. The molecule has 0 spiro atoms. The van der Waals surface area contributed by atoms with Gasteiger partial charge in [-0.15, -0.1) is 0 Å². The lowest BCUT2D eigenvalue weighted by Crippen LogP contribution is -2.34. The van der Waals surface area contributed by atoms with Crippen LogP contribution in [0.5, 0.6) is 5.75 Å². The number of carbonyl (C=O) groups is 1.